The number of amides is 3. The lowest BCUT2D eigenvalue weighted by Crippen LogP contribution is -2.44. The zero-order valence-electron chi connectivity index (χ0n) is 18.6. The highest BCUT2D eigenvalue weighted by Crippen LogP contribution is 2.44. The summed E-state index contributed by atoms with van der Waals surface area (Å²) in [4.78, 5) is 38.2. The van der Waals surface area contributed by atoms with Crippen LogP contribution in [0.25, 0.3) is 5.70 Å². The molecule has 10 nitrogen and oxygen atoms in total. The van der Waals surface area contributed by atoms with Crippen LogP contribution in [0.2, 0.25) is 0 Å². The van der Waals surface area contributed by atoms with Crippen molar-refractivity contribution in [2.75, 3.05) is 18.2 Å². The first-order chi connectivity index (χ1) is 17.0. The number of hydrogen-bond donors (Lipinski definition) is 6. The van der Waals surface area contributed by atoms with Gasteiger partial charge in [-0.05, 0) is 53.6 Å². The highest BCUT2D eigenvalue weighted by atomic mass is 16.5. The molecule has 0 aromatic heterocycles. The minimum absolute atomic E-state index is 0.203. The molecule has 176 valence electrons. The standard InChI is InChI=1S/C25H22N6O4/c1-35-14-11-9-13(10-12-14)21-20-22(29-28-21)16-6-4-8-18(19(16)23(20)32)27-25(34)31-30-24(33)15-5-2-3-7-17(15)26/h2-12,22,28-29H,26H2,1H3,(H,30,33)(H2,27,31,34). The summed E-state index contributed by atoms with van der Waals surface area (Å²) in [6.07, 6.45) is 0. The lowest BCUT2D eigenvalue weighted by Gasteiger charge is -2.14. The summed E-state index contributed by atoms with van der Waals surface area (Å²) in [5.74, 6) is -0.0561. The minimum Gasteiger partial charge on any atom is -0.497 e. The second-order valence-corrected chi connectivity index (χ2v) is 7.94. The first-order valence-electron chi connectivity index (χ1n) is 10.8. The Morgan fingerprint density at radius 3 is 2.49 bits per heavy atom. The lowest BCUT2D eigenvalue weighted by atomic mass is 10.0. The second kappa shape index (κ2) is 8.84. The number of nitrogens with two attached hydrogens (primary N) is 1. The van der Waals surface area contributed by atoms with Crippen LogP contribution in [0.1, 0.15) is 37.9 Å². The zero-order valence-corrected chi connectivity index (χ0v) is 18.6. The molecule has 0 radical (unpaired) electrons. The fraction of sp³-hybridized carbons (Fsp3) is 0.0800. The predicted molar refractivity (Wildman–Crippen MR) is 130 cm³/mol. The van der Waals surface area contributed by atoms with E-state index in [1.165, 1.54) is 0 Å². The van der Waals surface area contributed by atoms with Gasteiger partial charge in [-0.3, -0.25) is 15.0 Å². The van der Waals surface area contributed by atoms with Gasteiger partial charge in [-0.2, -0.15) is 0 Å². The molecule has 1 atom stereocenters. The molecular weight excluding hydrogens is 448 g/mol. The number of methoxy groups -OCH3 is 1. The molecule has 1 unspecified atom stereocenters. The normalized spacial score (nSPS) is 15.7. The van der Waals surface area contributed by atoms with E-state index in [9.17, 15) is 14.4 Å². The van der Waals surface area contributed by atoms with Crippen molar-refractivity contribution < 1.29 is 19.1 Å². The van der Waals surface area contributed by atoms with Gasteiger partial charge >= 0.3 is 6.03 Å². The number of ketones is 1. The summed E-state index contributed by atoms with van der Waals surface area (Å²) in [7, 11) is 1.59. The van der Waals surface area contributed by atoms with Gasteiger partial charge in [0.15, 0.2) is 5.78 Å². The van der Waals surface area contributed by atoms with E-state index in [-0.39, 0.29) is 23.1 Å². The molecule has 0 saturated carbocycles. The van der Waals surface area contributed by atoms with Crippen LogP contribution >= 0.6 is 0 Å². The Kier molecular flexibility index (Phi) is 5.55. The van der Waals surface area contributed by atoms with Crippen molar-refractivity contribution in [3.05, 3.63) is 94.6 Å². The molecule has 1 aliphatic heterocycles. The molecular formula is C25H22N6O4. The van der Waals surface area contributed by atoms with Crippen LogP contribution in [0.4, 0.5) is 16.2 Å². The molecule has 1 heterocycles. The Bertz CT molecular complexity index is 1380. The number of hydrazine groups is 2. The van der Waals surface area contributed by atoms with Crippen LogP contribution in [0, 0.1) is 0 Å². The summed E-state index contributed by atoms with van der Waals surface area (Å²) < 4.78 is 5.21. The van der Waals surface area contributed by atoms with Gasteiger partial charge in [0.2, 0.25) is 0 Å². The highest BCUT2D eigenvalue weighted by molar-refractivity contribution is 6.22. The van der Waals surface area contributed by atoms with Gasteiger partial charge in [0.05, 0.1) is 35.7 Å². The summed E-state index contributed by atoms with van der Waals surface area (Å²) in [6, 6.07) is 18.0. The zero-order chi connectivity index (χ0) is 24.5. The van der Waals surface area contributed by atoms with E-state index in [0.717, 1.165) is 11.1 Å². The van der Waals surface area contributed by atoms with E-state index in [1.807, 2.05) is 30.3 Å². The van der Waals surface area contributed by atoms with E-state index < -0.39 is 11.9 Å². The molecule has 3 aromatic carbocycles. The number of para-hydroxylation sites is 1. The maximum atomic E-state index is 13.5. The molecule has 7 N–H and O–H groups in total. The predicted octanol–water partition coefficient (Wildman–Crippen LogP) is 2.50. The second-order valence-electron chi connectivity index (χ2n) is 7.94. The van der Waals surface area contributed by atoms with Crippen LogP contribution in [0.3, 0.4) is 0 Å². The molecule has 2 aliphatic rings. The molecule has 35 heavy (non-hydrogen) atoms. The van der Waals surface area contributed by atoms with Crippen molar-refractivity contribution >= 4 is 34.8 Å². The van der Waals surface area contributed by atoms with E-state index in [4.69, 9.17) is 10.5 Å². The van der Waals surface area contributed by atoms with E-state index in [0.29, 0.717) is 28.3 Å². The lowest BCUT2D eigenvalue weighted by molar-refractivity contribution is 0.0938. The van der Waals surface area contributed by atoms with E-state index in [1.54, 1.807) is 43.5 Å². The fourth-order valence-corrected chi connectivity index (χ4v) is 4.23. The topological polar surface area (TPSA) is 147 Å². The average Bonchev–Trinajstić information content (AvgIpc) is 3.43. The van der Waals surface area contributed by atoms with Crippen molar-refractivity contribution in [1.29, 1.82) is 0 Å². The van der Waals surface area contributed by atoms with Crippen molar-refractivity contribution in [2.24, 2.45) is 0 Å². The number of hydrogen-bond acceptors (Lipinski definition) is 7. The van der Waals surface area contributed by atoms with Gasteiger partial charge in [0.25, 0.3) is 5.91 Å². The van der Waals surface area contributed by atoms with Gasteiger partial charge in [0.1, 0.15) is 5.75 Å². The maximum Gasteiger partial charge on any atom is 0.337 e. The minimum atomic E-state index is -0.707. The molecule has 0 saturated heterocycles. The Labute approximate surface area is 200 Å². The van der Waals surface area contributed by atoms with Crippen molar-refractivity contribution in [2.45, 2.75) is 6.04 Å². The SMILES string of the molecule is COc1ccc(C2=C3C(=O)c4c(NC(=O)NNC(=O)c5ccccc5N)cccc4C3NN2)cc1. The summed E-state index contributed by atoms with van der Waals surface area (Å²) in [5.41, 5.74) is 20.7. The molecule has 0 spiro atoms. The quantitative estimate of drug-likeness (QED) is 0.254. The Balaban J connectivity index is 1.35. The van der Waals surface area contributed by atoms with Crippen molar-refractivity contribution in [3.8, 4) is 5.75 Å². The monoisotopic (exact) mass is 470 g/mol. The maximum absolute atomic E-state index is 13.5. The van der Waals surface area contributed by atoms with Gasteiger partial charge in [-0.1, -0.05) is 24.3 Å². The average molecular weight is 470 g/mol. The Hall–Kier alpha value is -4.83. The summed E-state index contributed by atoms with van der Waals surface area (Å²) in [5, 5.41) is 2.65. The van der Waals surface area contributed by atoms with Crippen LogP contribution < -0.4 is 37.5 Å². The molecule has 5 rings (SSSR count). The molecule has 3 aromatic rings. The first kappa shape index (κ1) is 22.0. The number of rotatable bonds is 4. The Morgan fingerprint density at radius 2 is 1.74 bits per heavy atom. The van der Waals surface area contributed by atoms with E-state index >= 15 is 0 Å². The first-order valence-corrected chi connectivity index (χ1v) is 10.8. The van der Waals surface area contributed by atoms with Crippen molar-refractivity contribution in [3.63, 3.8) is 0 Å². The summed E-state index contributed by atoms with van der Waals surface area (Å²) >= 11 is 0. The number of fused-ring (bicyclic) bond motifs is 3. The van der Waals surface area contributed by atoms with Gasteiger partial charge in [-0.15, -0.1) is 0 Å². The number of ether oxygens (including phenoxy) is 1. The van der Waals surface area contributed by atoms with E-state index in [2.05, 4.69) is 27.0 Å². The number of urea groups is 1. The Morgan fingerprint density at radius 1 is 0.971 bits per heavy atom. The molecule has 1 aliphatic carbocycles. The van der Waals surface area contributed by atoms with Crippen LogP contribution in [-0.4, -0.2) is 24.8 Å². The number of carbonyl (C=O) groups is 3. The van der Waals surface area contributed by atoms with Gasteiger partial charge < -0.3 is 21.2 Å². The summed E-state index contributed by atoms with van der Waals surface area (Å²) in [6.45, 7) is 0. The van der Waals surface area contributed by atoms with Crippen LogP contribution in [0.15, 0.2) is 72.3 Å². The van der Waals surface area contributed by atoms with Gasteiger partial charge in [-0.25, -0.2) is 15.6 Å². The third-order valence-electron chi connectivity index (χ3n) is 5.90. The highest BCUT2D eigenvalue weighted by Gasteiger charge is 2.42. The molecule has 0 fully saturated rings. The number of nitrogen functional groups attached to an aromatic ring is 1. The third-order valence-corrected chi connectivity index (χ3v) is 5.90. The van der Waals surface area contributed by atoms with Crippen molar-refractivity contribution in [1.82, 2.24) is 21.7 Å². The van der Waals surface area contributed by atoms with Gasteiger partial charge in [0, 0.05) is 11.3 Å². The number of nitrogens with one attached hydrogen (secondary N) is 5. The number of carbonyl (C=O) groups excluding carboxylic acids is 3. The number of anilines is 2. The van der Waals surface area contributed by atoms with Crippen LogP contribution in [-0.2, 0) is 0 Å². The number of Topliss-reactive ketones (excluding diaryl/α,β-unsaturated/α-hetero) is 1. The number of benzene rings is 3. The van der Waals surface area contributed by atoms with Crippen LogP contribution in [0.5, 0.6) is 5.75 Å². The fourth-order valence-electron chi connectivity index (χ4n) is 4.23. The molecule has 3 amide bonds. The largest absolute Gasteiger partial charge is 0.497 e. The smallest absolute Gasteiger partial charge is 0.337 e. The molecule has 10 heteroatoms. The third kappa shape index (κ3) is 3.91. The molecule has 0 bridgehead atoms.